The van der Waals surface area contributed by atoms with Crippen molar-refractivity contribution >= 4 is 18.2 Å². The van der Waals surface area contributed by atoms with Gasteiger partial charge in [-0.25, -0.2) is 5.10 Å². The van der Waals surface area contributed by atoms with E-state index in [-0.39, 0.29) is 0 Å². The first kappa shape index (κ1) is 8.26. The van der Waals surface area contributed by atoms with Gasteiger partial charge in [0.1, 0.15) is 0 Å². The average molecular weight is 172 g/mol. The highest BCUT2D eigenvalue weighted by atomic mass is 32.1. The largest absolute Gasteiger partial charge is 0.357 e. The van der Waals surface area contributed by atoms with Crippen LogP contribution < -0.4 is 5.32 Å². The van der Waals surface area contributed by atoms with Crippen LogP contribution in [0.3, 0.4) is 0 Å². The van der Waals surface area contributed by atoms with E-state index in [2.05, 4.69) is 29.4 Å². The fourth-order valence-corrected chi connectivity index (χ4v) is 1.30. The highest BCUT2D eigenvalue weighted by Gasteiger charge is 2.05. The molecule has 0 aliphatic rings. The summed E-state index contributed by atoms with van der Waals surface area (Å²) in [7, 11) is 1.82. The van der Waals surface area contributed by atoms with Crippen LogP contribution in [0.25, 0.3) is 0 Å². The maximum absolute atomic E-state index is 5.02. The van der Waals surface area contributed by atoms with E-state index in [0.29, 0.717) is 10.8 Å². The lowest BCUT2D eigenvalue weighted by Gasteiger charge is -2.08. The second kappa shape index (κ2) is 3.04. The van der Waals surface area contributed by atoms with Crippen LogP contribution in [0.2, 0.25) is 0 Å². The number of hydrogen-bond acceptors (Lipinski definition) is 3. The van der Waals surface area contributed by atoms with Crippen LogP contribution in [0.15, 0.2) is 0 Å². The van der Waals surface area contributed by atoms with E-state index >= 15 is 0 Å². The number of nitrogens with zero attached hydrogens (tertiary/aromatic N) is 2. The number of aromatic nitrogens is 3. The van der Waals surface area contributed by atoms with Crippen molar-refractivity contribution in [2.45, 2.75) is 19.9 Å². The number of H-pyrrole nitrogens is 1. The quantitative estimate of drug-likeness (QED) is 0.665. The van der Waals surface area contributed by atoms with Crippen LogP contribution in [0.4, 0.5) is 5.95 Å². The van der Waals surface area contributed by atoms with Crippen molar-refractivity contribution in [2.75, 3.05) is 12.4 Å². The molecule has 5 heteroatoms. The molecule has 1 heterocycles. The van der Waals surface area contributed by atoms with Gasteiger partial charge in [0.2, 0.25) is 5.95 Å². The predicted molar refractivity (Wildman–Crippen MR) is 47.3 cm³/mol. The normalized spacial score (nSPS) is 10.5. The Morgan fingerprint density at radius 1 is 1.64 bits per heavy atom. The van der Waals surface area contributed by atoms with E-state index in [9.17, 15) is 0 Å². The van der Waals surface area contributed by atoms with E-state index in [1.165, 1.54) is 0 Å². The second-order valence-corrected chi connectivity index (χ2v) is 2.95. The summed E-state index contributed by atoms with van der Waals surface area (Å²) in [6.45, 7) is 4.12. The van der Waals surface area contributed by atoms with Gasteiger partial charge in [-0.3, -0.25) is 4.57 Å². The summed E-state index contributed by atoms with van der Waals surface area (Å²) in [6.07, 6.45) is 0. The average Bonchev–Trinajstić information content (AvgIpc) is 2.30. The molecule has 62 valence electrons. The summed E-state index contributed by atoms with van der Waals surface area (Å²) in [4.78, 5) is 0. The number of aromatic amines is 1. The molecule has 0 saturated carbocycles. The van der Waals surface area contributed by atoms with Crippen molar-refractivity contribution in [1.82, 2.24) is 14.8 Å². The molecule has 0 amide bonds. The minimum Gasteiger partial charge on any atom is -0.357 e. The molecule has 1 rings (SSSR count). The van der Waals surface area contributed by atoms with Gasteiger partial charge in [0, 0.05) is 13.1 Å². The van der Waals surface area contributed by atoms with Crippen molar-refractivity contribution in [3.8, 4) is 0 Å². The molecule has 0 fully saturated rings. The summed E-state index contributed by atoms with van der Waals surface area (Å²) in [6, 6.07) is 0.337. The number of hydrogen-bond donors (Lipinski definition) is 2. The first-order valence-corrected chi connectivity index (χ1v) is 3.92. The van der Waals surface area contributed by atoms with Crippen molar-refractivity contribution in [3.05, 3.63) is 4.77 Å². The van der Waals surface area contributed by atoms with Gasteiger partial charge in [-0.05, 0) is 26.1 Å². The van der Waals surface area contributed by atoms with Crippen molar-refractivity contribution in [3.63, 3.8) is 0 Å². The fourth-order valence-electron chi connectivity index (χ4n) is 0.960. The zero-order valence-electron chi connectivity index (χ0n) is 6.88. The summed E-state index contributed by atoms with van der Waals surface area (Å²) in [5, 5.41) is 9.66. The minimum atomic E-state index is 0.337. The summed E-state index contributed by atoms with van der Waals surface area (Å²) in [5.41, 5.74) is 0. The molecule has 0 aliphatic heterocycles. The first-order valence-electron chi connectivity index (χ1n) is 3.51. The van der Waals surface area contributed by atoms with Gasteiger partial charge in [0.05, 0.1) is 0 Å². The van der Waals surface area contributed by atoms with E-state index in [1.807, 2.05) is 11.6 Å². The minimum absolute atomic E-state index is 0.337. The molecule has 11 heavy (non-hydrogen) atoms. The van der Waals surface area contributed by atoms with Gasteiger partial charge in [-0.2, -0.15) is 0 Å². The van der Waals surface area contributed by atoms with E-state index in [1.54, 1.807) is 0 Å². The van der Waals surface area contributed by atoms with Crippen LogP contribution in [-0.4, -0.2) is 21.8 Å². The van der Waals surface area contributed by atoms with E-state index in [0.717, 1.165) is 5.95 Å². The fraction of sp³-hybridized carbons (Fsp3) is 0.667. The maximum atomic E-state index is 5.02. The molecule has 1 aromatic heterocycles. The number of nitrogens with one attached hydrogen (secondary N) is 2. The Labute approximate surface area is 70.6 Å². The predicted octanol–water partition coefficient (Wildman–Crippen LogP) is 1.56. The smallest absolute Gasteiger partial charge is 0.223 e. The monoisotopic (exact) mass is 172 g/mol. The van der Waals surface area contributed by atoms with Crippen LogP contribution in [-0.2, 0) is 0 Å². The molecular weight excluding hydrogens is 160 g/mol. The van der Waals surface area contributed by atoms with Crippen LogP contribution in [0.5, 0.6) is 0 Å². The SMILES string of the molecule is CNc1n[nH]c(=S)n1C(C)C. The Kier molecular flexibility index (Phi) is 2.28. The third-order valence-corrected chi connectivity index (χ3v) is 1.73. The summed E-state index contributed by atoms with van der Waals surface area (Å²) in [5.74, 6) is 0.782. The van der Waals surface area contributed by atoms with E-state index in [4.69, 9.17) is 12.2 Å². The Bertz CT molecular complexity index is 285. The lowest BCUT2D eigenvalue weighted by atomic mass is 10.4. The Hall–Kier alpha value is -0.840. The second-order valence-electron chi connectivity index (χ2n) is 2.57. The molecule has 1 aromatic rings. The third kappa shape index (κ3) is 1.42. The Morgan fingerprint density at radius 3 is 2.64 bits per heavy atom. The first-order chi connectivity index (χ1) is 5.16. The third-order valence-electron chi connectivity index (χ3n) is 1.44. The molecule has 0 unspecified atom stereocenters. The molecule has 0 aliphatic carbocycles. The molecular formula is C6H12N4S. The van der Waals surface area contributed by atoms with Crippen LogP contribution in [0, 0.1) is 4.77 Å². The highest BCUT2D eigenvalue weighted by molar-refractivity contribution is 7.71. The lowest BCUT2D eigenvalue weighted by Crippen LogP contribution is -2.05. The topological polar surface area (TPSA) is 45.6 Å². The van der Waals surface area contributed by atoms with Gasteiger partial charge in [-0.1, -0.05) is 0 Å². The van der Waals surface area contributed by atoms with Gasteiger partial charge in [0.15, 0.2) is 4.77 Å². The van der Waals surface area contributed by atoms with E-state index < -0.39 is 0 Å². The molecule has 2 N–H and O–H groups in total. The number of anilines is 1. The maximum Gasteiger partial charge on any atom is 0.223 e. The van der Waals surface area contributed by atoms with Crippen molar-refractivity contribution < 1.29 is 0 Å². The van der Waals surface area contributed by atoms with Crippen LogP contribution in [0.1, 0.15) is 19.9 Å². The molecule has 0 aromatic carbocycles. The molecule has 0 radical (unpaired) electrons. The Morgan fingerprint density at radius 2 is 2.27 bits per heavy atom. The zero-order chi connectivity index (χ0) is 8.43. The highest BCUT2D eigenvalue weighted by Crippen LogP contribution is 2.11. The Balaban J connectivity index is 3.18. The molecule has 0 spiro atoms. The van der Waals surface area contributed by atoms with Crippen LogP contribution >= 0.6 is 12.2 Å². The van der Waals surface area contributed by atoms with Gasteiger partial charge >= 0.3 is 0 Å². The van der Waals surface area contributed by atoms with Gasteiger partial charge < -0.3 is 5.32 Å². The molecule has 0 bridgehead atoms. The van der Waals surface area contributed by atoms with Crippen molar-refractivity contribution in [1.29, 1.82) is 0 Å². The number of rotatable bonds is 2. The summed E-state index contributed by atoms with van der Waals surface area (Å²) < 4.78 is 2.58. The molecule has 4 nitrogen and oxygen atoms in total. The summed E-state index contributed by atoms with van der Waals surface area (Å²) >= 11 is 5.02. The zero-order valence-corrected chi connectivity index (χ0v) is 7.70. The van der Waals surface area contributed by atoms with Crippen molar-refractivity contribution in [2.24, 2.45) is 0 Å². The standard InChI is InChI=1S/C6H12N4S/c1-4(2)10-5(7-3)8-9-6(10)11/h4H,1-3H3,(H,7,8)(H,9,11). The molecule has 0 saturated heterocycles. The molecule has 0 atom stereocenters. The lowest BCUT2D eigenvalue weighted by molar-refractivity contribution is 0.597. The van der Waals surface area contributed by atoms with Gasteiger partial charge in [0.25, 0.3) is 0 Å². The van der Waals surface area contributed by atoms with Gasteiger partial charge in [-0.15, -0.1) is 5.10 Å².